The Morgan fingerprint density at radius 3 is 2.48 bits per heavy atom. The van der Waals surface area contributed by atoms with Gasteiger partial charge in [0.25, 0.3) is 0 Å². The van der Waals surface area contributed by atoms with Crippen molar-refractivity contribution in [2.45, 2.75) is 45.8 Å². The molecule has 0 spiro atoms. The molecule has 176 valence electrons. The number of anilines is 1. The zero-order valence-electron chi connectivity index (χ0n) is 19.9. The Hall–Kier alpha value is -3.62. The Morgan fingerprint density at radius 1 is 1.09 bits per heavy atom. The van der Waals surface area contributed by atoms with Crippen molar-refractivity contribution in [3.05, 3.63) is 48.2 Å². The number of carbonyl (C=O) groups is 2. The smallest absolute Gasteiger partial charge is 0.407 e. The van der Waals surface area contributed by atoms with E-state index in [1.807, 2.05) is 57.2 Å². The highest BCUT2D eigenvalue weighted by Gasteiger charge is 2.15. The molecule has 0 atom stereocenters. The minimum atomic E-state index is -0.526. The number of fused-ring (bicyclic) bond motifs is 1. The van der Waals surface area contributed by atoms with Gasteiger partial charge in [-0.2, -0.15) is 0 Å². The van der Waals surface area contributed by atoms with E-state index in [-0.39, 0.29) is 5.91 Å². The largest absolute Gasteiger partial charge is 0.444 e. The lowest BCUT2D eigenvalue weighted by molar-refractivity contribution is -0.128. The van der Waals surface area contributed by atoms with Gasteiger partial charge < -0.3 is 20.3 Å². The first-order valence-electron chi connectivity index (χ1n) is 11.0. The highest BCUT2D eigenvalue weighted by Crippen LogP contribution is 2.21. The normalized spacial score (nSPS) is 11.3. The first-order valence-corrected chi connectivity index (χ1v) is 11.0. The number of nitrogens with zero attached hydrogens (tertiary/aromatic N) is 4. The Labute approximate surface area is 194 Å². The number of amides is 2. The van der Waals surface area contributed by atoms with Gasteiger partial charge in [-0.25, -0.2) is 14.3 Å². The van der Waals surface area contributed by atoms with E-state index in [0.717, 1.165) is 34.7 Å². The molecule has 0 radical (unpaired) electrons. The summed E-state index contributed by atoms with van der Waals surface area (Å²) in [5.41, 5.74) is 3.00. The van der Waals surface area contributed by atoms with Crippen LogP contribution in [0.25, 0.3) is 16.9 Å². The van der Waals surface area contributed by atoms with Gasteiger partial charge in [0.2, 0.25) is 5.91 Å². The highest BCUT2D eigenvalue weighted by atomic mass is 16.6. The summed E-state index contributed by atoms with van der Waals surface area (Å²) in [5.74, 6) is 0.832. The third-order valence-corrected chi connectivity index (χ3v) is 4.82. The van der Waals surface area contributed by atoms with Gasteiger partial charge in [-0.05, 0) is 44.9 Å². The number of nitrogens with one attached hydrogen (secondary N) is 2. The maximum atomic E-state index is 11.8. The van der Waals surface area contributed by atoms with Crippen LogP contribution in [0.15, 0.2) is 42.6 Å². The molecule has 0 fully saturated rings. The van der Waals surface area contributed by atoms with E-state index in [2.05, 4.69) is 20.7 Å². The fraction of sp³-hybridized carbons (Fsp3) is 0.417. The lowest BCUT2D eigenvalue weighted by atomic mass is 10.1. The van der Waals surface area contributed by atoms with E-state index in [1.54, 1.807) is 29.7 Å². The van der Waals surface area contributed by atoms with Gasteiger partial charge in [0.1, 0.15) is 11.4 Å². The maximum absolute atomic E-state index is 11.8. The third kappa shape index (κ3) is 6.93. The van der Waals surface area contributed by atoms with Gasteiger partial charge in [0.15, 0.2) is 5.65 Å². The zero-order chi connectivity index (χ0) is 24.0. The van der Waals surface area contributed by atoms with Gasteiger partial charge in [-0.3, -0.25) is 4.79 Å². The summed E-state index contributed by atoms with van der Waals surface area (Å²) in [7, 11) is 3.52. The molecule has 0 aliphatic heterocycles. The molecule has 0 aliphatic carbocycles. The van der Waals surface area contributed by atoms with Crippen LogP contribution in [0.2, 0.25) is 0 Å². The van der Waals surface area contributed by atoms with E-state index < -0.39 is 11.7 Å². The van der Waals surface area contributed by atoms with Crippen LogP contribution >= 0.6 is 0 Å². The Morgan fingerprint density at radius 2 is 1.82 bits per heavy atom. The fourth-order valence-electron chi connectivity index (χ4n) is 3.13. The van der Waals surface area contributed by atoms with Crippen LogP contribution in [-0.4, -0.2) is 57.7 Å². The second-order valence-corrected chi connectivity index (χ2v) is 9.00. The molecule has 2 heterocycles. The zero-order valence-corrected chi connectivity index (χ0v) is 19.9. The SMILES string of the molecule is CN(C)C(=O)CCCNc1ccc2ncc(-c3ccc(CNC(=O)OC(C)(C)C)cc3)n2n1. The summed E-state index contributed by atoms with van der Waals surface area (Å²) in [6.07, 6.45) is 2.57. The van der Waals surface area contributed by atoms with Crippen LogP contribution in [0.1, 0.15) is 39.2 Å². The lowest BCUT2D eigenvalue weighted by Gasteiger charge is -2.19. The third-order valence-electron chi connectivity index (χ3n) is 4.82. The number of benzene rings is 1. The fourth-order valence-corrected chi connectivity index (χ4v) is 3.13. The molecule has 9 heteroatoms. The second-order valence-electron chi connectivity index (χ2n) is 9.00. The summed E-state index contributed by atoms with van der Waals surface area (Å²) in [6.45, 7) is 6.53. The van der Waals surface area contributed by atoms with Crippen molar-refractivity contribution in [1.82, 2.24) is 24.8 Å². The minimum Gasteiger partial charge on any atom is -0.444 e. The lowest BCUT2D eigenvalue weighted by Crippen LogP contribution is -2.32. The molecule has 3 rings (SSSR count). The van der Waals surface area contributed by atoms with Crippen LogP contribution in [0, 0.1) is 0 Å². The number of alkyl carbamates (subject to hydrolysis) is 1. The van der Waals surface area contributed by atoms with Gasteiger partial charge in [-0.1, -0.05) is 24.3 Å². The quantitative estimate of drug-likeness (QED) is 0.506. The molecule has 3 aromatic rings. The summed E-state index contributed by atoms with van der Waals surface area (Å²) in [5, 5.41) is 10.7. The number of rotatable bonds is 8. The molecule has 2 amide bonds. The topological polar surface area (TPSA) is 101 Å². The number of aromatic nitrogens is 3. The standard InChI is InChI=1S/C24H32N6O3/c1-24(2,3)33-23(32)27-15-17-8-10-18(11-9-17)19-16-26-21-13-12-20(28-30(19)21)25-14-6-7-22(31)29(4)5/h8-13,16H,6-7,14-15H2,1-5H3,(H,25,28)(H,27,32). The molecular formula is C24H32N6O3. The highest BCUT2D eigenvalue weighted by molar-refractivity contribution is 5.75. The van der Waals surface area contributed by atoms with E-state index >= 15 is 0 Å². The molecule has 1 aromatic carbocycles. The Balaban J connectivity index is 1.63. The first kappa shape index (κ1) is 24.0. The van der Waals surface area contributed by atoms with E-state index in [9.17, 15) is 9.59 Å². The van der Waals surface area contributed by atoms with Crippen LogP contribution in [0.4, 0.5) is 10.6 Å². The van der Waals surface area contributed by atoms with E-state index in [4.69, 9.17) is 4.74 Å². The molecule has 0 saturated heterocycles. The van der Waals surface area contributed by atoms with E-state index in [1.165, 1.54) is 0 Å². The monoisotopic (exact) mass is 452 g/mol. The van der Waals surface area contributed by atoms with Crippen LogP contribution in [0.5, 0.6) is 0 Å². The molecule has 33 heavy (non-hydrogen) atoms. The van der Waals surface area contributed by atoms with Crippen molar-refractivity contribution in [3.8, 4) is 11.3 Å². The summed E-state index contributed by atoms with van der Waals surface area (Å²) >= 11 is 0. The number of hydrogen-bond donors (Lipinski definition) is 2. The van der Waals surface area contributed by atoms with E-state index in [0.29, 0.717) is 19.5 Å². The van der Waals surface area contributed by atoms with Crippen molar-refractivity contribution >= 4 is 23.5 Å². The summed E-state index contributed by atoms with van der Waals surface area (Å²) in [6, 6.07) is 11.6. The van der Waals surface area contributed by atoms with Gasteiger partial charge in [0.05, 0.1) is 11.9 Å². The van der Waals surface area contributed by atoms with Gasteiger partial charge in [-0.15, -0.1) is 5.10 Å². The molecule has 2 aromatic heterocycles. The number of hydrogen-bond acceptors (Lipinski definition) is 6. The minimum absolute atomic E-state index is 0.113. The van der Waals surface area contributed by atoms with Gasteiger partial charge >= 0.3 is 6.09 Å². The number of carbonyl (C=O) groups excluding carboxylic acids is 2. The average Bonchev–Trinajstić information content (AvgIpc) is 3.17. The summed E-state index contributed by atoms with van der Waals surface area (Å²) in [4.78, 5) is 29.6. The average molecular weight is 453 g/mol. The van der Waals surface area contributed by atoms with Crippen LogP contribution in [0.3, 0.4) is 0 Å². The molecule has 0 bridgehead atoms. The Kier molecular flexibility index (Phi) is 7.52. The van der Waals surface area contributed by atoms with Crippen molar-refractivity contribution < 1.29 is 14.3 Å². The molecule has 2 N–H and O–H groups in total. The second kappa shape index (κ2) is 10.3. The number of ether oxygens (including phenoxy) is 1. The van der Waals surface area contributed by atoms with Crippen molar-refractivity contribution in [2.24, 2.45) is 0 Å². The Bertz CT molecular complexity index is 1100. The molecular weight excluding hydrogens is 420 g/mol. The molecule has 0 aliphatic rings. The predicted molar refractivity (Wildman–Crippen MR) is 128 cm³/mol. The molecule has 0 saturated carbocycles. The summed E-state index contributed by atoms with van der Waals surface area (Å²) < 4.78 is 7.06. The predicted octanol–water partition coefficient (Wildman–Crippen LogP) is 3.70. The van der Waals surface area contributed by atoms with Gasteiger partial charge in [0, 0.05) is 39.2 Å². The van der Waals surface area contributed by atoms with Crippen molar-refractivity contribution in [3.63, 3.8) is 0 Å². The van der Waals surface area contributed by atoms with Crippen LogP contribution in [-0.2, 0) is 16.1 Å². The maximum Gasteiger partial charge on any atom is 0.407 e. The molecule has 9 nitrogen and oxygen atoms in total. The first-order chi connectivity index (χ1) is 15.6. The van der Waals surface area contributed by atoms with Crippen molar-refractivity contribution in [1.29, 1.82) is 0 Å². The van der Waals surface area contributed by atoms with Crippen molar-refractivity contribution in [2.75, 3.05) is 26.0 Å². The number of imidazole rings is 1. The van der Waals surface area contributed by atoms with Crippen LogP contribution < -0.4 is 10.6 Å². The molecule has 0 unspecified atom stereocenters.